The Kier molecular flexibility index (Phi) is 4.58. The van der Waals surface area contributed by atoms with Gasteiger partial charge in [-0.3, -0.25) is 24.4 Å². The quantitative estimate of drug-likeness (QED) is 0.284. The molecule has 1 aliphatic rings. The summed E-state index contributed by atoms with van der Waals surface area (Å²) in [4.78, 5) is 44.0. The van der Waals surface area contributed by atoms with E-state index in [-0.39, 0.29) is 10.4 Å². The smallest absolute Gasteiger partial charge is 0.326 e. The largest absolute Gasteiger partial charge is 0.450 e. The van der Waals surface area contributed by atoms with Crippen molar-refractivity contribution in [3.63, 3.8) is 0 Å². The molecule has 1 atom stereocenters. The zero-order chi connectivity index (χ0) is 13.0. The number of halogens is 1. The van der Waals surface area contributed by atoms with E-state index in [0.717, 1.165) is 0 Å². The third kappa shape index (κ3) is 3.49. The van der Waals surface area contributed by atoms with Gasteiger partial charge in [0.05, 0.1) is 11.8 Å². The van der Waals surface area contributed by atoms with Gasteiger partial charge in [0, 0.05) is 0 Å². The van der Waals surface area contributed by atoms with Gasteiger partial charge in [-0.15, -0.1) is 0 Å². The predicted molar refractivity (Wildman–Crippen MR) is 54.9 cm³/mol. The lowest BCUT2D eigenvalue weighted by Gasteiger charge is -2.09. The van der Waals surface area contributed by atoms with E-state index >= 15 is 0 Å². The SMILES string of the molecule is O=C(CBr)NCC(=O)OC1CC(=O)N(O)C1=O. The Morgan fingerprint density at radius 2 is 2.18 bits per heavy atom. The number of hydrogen-bond acceptors (Lipinski definition) is 6. The summed E-state index contributed by atoms with van der Waals surface area (Å²) in [6.45, 7) is -0.409. The van der Waals surface area contributed by atoms with Gasteiger partial charge < -0.3 is 10.1 Å². The summed E-state index contributed by atoms with van der Waals surface area (Å²) >= 11 is 2.88. The van der Waals surface area contributed by atoms with Gasteiger partial charge in [0.2, 0.25) is 5.91 Å². The van der Waals surface area contributed by atoms with Crippen molar-refractivity contribution in [2.75, 3.05) is 11.9 Å². The van der Waals surface area contributed by atoms with Crippen LogP contribution in [0.4, 0.5) is 0 Å². The number of alkyl halides is 1. The van der Waals surface area contributed by atoms with Crippen molar-refractivity contribution in [2.45, 2.75) is 12.5 Å². The molecule has 0 aromatic rings. The predicted octanol–water partition coefficient (Wildman–Crippen LogP) is -1.44. The van der Waals surface area contributed by atoms with Crippen molar-refractivity contribution in [1.82, 2.24) is 10.4 Å². The average molecular weight is 309 g/mol. The summed E-state index contributed by atoms with van der Waals surface area (Å²) in [6, 6.07) is 0. The molecule has 1 unspecified atom stereocenters. The highest BCUT2D eigenvalue weighted by atomic mass is 79.9. The minimum atomic E-state index is -1.32. The van der Waals surface area contributed by atoms with Gasteiger partial charge in [-0.2, -0.15) is 5.06 Å². The molecule has 0 aromatic carbocycles. The lowest BCUT2D eigenvalue weighted by molar-refractivity contribution is -0.176. The van der Waals surface area contributed by atoms with E-state index in [0.29, 0.717) is 0 Å². The van der Waals surface area contributed by atoms with Gasteiger partial charge >= 0.3 is 5.97 Å². The Balaban J connectivity index is 2.40. The fourth-order valence-corrected chi connectivity index (χ4v) is 1.30. The van der Waals surface area contributed by atoms with Crippen LogP contribution in [0.3, 0.4) is 0 Å². The van der Waals surface area contributed by atoms with Crippen LogP contribution in [0.2, 0.25) is 0 Å². The maximum absolute atomic E-state index is 11.2. The number of ether oxygens (including phenoxy) is 1. The van der Waals surface area contributed by atoms with Crippen molar-refractivity contribution < 1.29 is 29.1 Å². The average Bonchev–Trinajstić information content (AvgIpc) is 2.54. The first kappa shape index (κ1) is 13.6. The number of hydroxylamine groups is 2. The Morgan fingerprint density at radius 3 is 2.65 bits per heavy atom. The fourth-order valence-electron chi connectivity index (χ4n) is 1.10. The fraction of sp³-hybridized carbons (Fsp3) is 0.500. The first-order valence-electron chi connectivity index (χ1n) is 4.53. The minimum absolute atomic E-state index is 0.0333. The van der Waals surface area contributed by atoms with Gasteiger partial charge in [-0.1, -0.05) is 15.9 Å². The molecule has 1 aliphatic heterocycles. The van der Waals surface area contributed by atoms with Crippen LogP contribution in [0.25, 0.3) is 0 Å². The highest BCUT2D eigenvalue weighted by Crippen LogP contribution is 2.13. The monoisotopic (exact) mass is 308 g/mol. The zero-order valence-electron chi connectivity index (χ0n) is 8.51. The maximum atomic E-state index is 11.2. The summed E-state index contributed by atoms with van der Waals surface area (Å²) < 4.78 is 4.62. The number of carbonyl (C=O) groups is 4. The number of rotatable bonds is 4. The van der Waals surface area contributed by atoms with E-state index in [4.69, 9.17) is 5.21 Å². The number of imide groups is 1. The first-order chi connectivity index (χ1) is 7.95. The van der Waals surface area contributed by atoms with E-state index in [1.165, 1.54) is 0 Å². The second kappa shape index (κ2) is 5.73. The van der Waals surface area contributed by atoms with Crippen LogP contribution in [0, 0.1) is 0 Å². The van der Waals surface area contributed by atoms with Gasteiger partial charge in [-0.25, -0.2) is 0 Å². The number of esters is 1. The molecule has 0 aromatic heterocycles. The Bertz CT molecular complexity index is 371. The molecule has 0 spiro atoms. The number of hydrogen-bond donors (Lipinski definition) is 2. The van der Waals surface area contributed by atoms with Crippen LogP contribution in [0.15, 0.2) is 0 Å². The van der Waals surface area contributed by atoms with Gasteiger partial charge in [-0.05, 0) is 0 Å². The molecule has 1 saturated heterocycles. The normalized spacial score (nSPS) is 19.4. The van der Waals surface area contributed by atoms with Crippen molar-refractivity contribution in [3.8, 4) is 0 Å². The Hall–Kier alpha value is -1.48. The third-order valence-electron chi connectivity index (χ3n) is 1.91. The van der Waals surface area contributed by atoms with E-state index in [2.05, 4.69) is 26.0 Å². The molecule has 8 nitrogen and oxygen atoms in total. The van der Waals surface area contributed by atoms with Crippen molar-refractivity contribution in [2.24, 2.45) is 0 Å². The van der Waals surface area contributed by atoms with Crippen LogP contribution in [-0.2, 0) is 23.9 Å². The summed E-state index contributed by atoms with van der Waals surface area (Å²) in [5, 5.41) is 11.0. The molecule has 0 bridgehead atoms. The van der Waals surface area contributed by atoms with Crippen molar-refractivity contribution >= 4 is 39.6 Å². The molecule has 1 fully saturated rings. The molecular weight excluding hydrogens is 300 g/mol. The van der Waals surface area contributed by atoms with Crippen LogP contribution in [0.1, 0.15) is 6.42 Å². The van der Waals surface area contributed by atoms with Crippen LogP contribution in [0.5, 0.6) is 0 Å². The molecule has 1 heterocycles. The highest BCUT2D eigenvalue weighted by molar-refractivity contribution is 9.09. The van der Waals surface area contributed by atoms with Crippen LogP contribution in [-0.4, -0.2) is 51.9 Å². The zero-order valence-corrected chi connectivity index (χ0v) is 10.1. The maximum Gasteiger partial charge on any atom is 0.326 e. The van der Waals surface area contributed by atoms with Crippen LogP contribution >= 0.6 is 15.9 Å². The minimum Gasteiger partial charge on any atom is -0.450 e. The number of nitrogens with one attached hydrogen (secondary N) is 1. The van der Waals surface area contributed by atoms with E-state index in [1.807, 2.05) is 0 Å². The first-order valence-corrected chi connectivity index (χ1v) is 5.65. The molecule has 0 radical (unpaired) electrons. The third-order valence-corrected chi connectivity index (χ3v) is 2.41. The molecule has 2 N–H and O–H groups in total. The molecule has 3 amide bonds. The number of carbonyl (C=O) groups excluding carboxylic acids is 4. The summed E-state index contributed by atoms with van der Waals surface area (Å²) in [7, 11) is 0. The van der Waals surface area contributed by atoms with E-state index in [9.17, 15) is 19.2 Å². The van der Waals surface area contributed by atoms with Crippen molar-refractivity contribution in [1.29, 1.82) is 0 Å². The number of nitrogens with zero attached hydrogens (tertiary/aromatic N) is 1. The molecular formula is C8H9BrN2O6. The van der Waals surface area contributed by atoms with Gasteiger partial charge in [0.15, 0.2) is 6.10 Å². The highest BCUT2D eigenvalue weighted by Gasteiger charge is 2.40. The van der Waals surface area contributed by atoms with E-state index in [1.54, 1.807) is 0 Å². The topological polar surface area (TPSA) is 113 Å². The molecule has 9 heteroatoms. The van der Waals surface area contributed by atoms with Gasteiger partial charge in [0.1, 0.15) is 6.54 Å². The molecule has 1 rings (SSSR count). The Morgan fingerprint density at radius 1 is 1.53 bits per heavy atom. The molecule has 0 saturated carbocycles. The standard InChI is InChI=1S/C8H9BrN2O6/c9-2-5(12)10-3-7(14)17-4-1-6(13)11(16)8(4)15/h4,16H,1-3H2,(H,10,12). The summed E-state index contributed by atoms with van der Waals surface area (Å²) in [6.07, 6.45) is -1.71. The second-order valence-electron chi connectivity index (χ2n) is 3.14. The summed E-state index contributed by atoms with van der Waals surface area (Å²) in [5.41, 5.74) is 0. The van der Waals surface area contributed by atoms with Crippen LogP contribution < -0.4 is 5.32 Å². The van der Waals surface area contributed by atoms with Gasteiger partial charge in [0.25, 0.3) is 11.8 Å². The number of amides is 3. The lowest BCUT2D eigenvalue weighted by atomic mass is 10.3. The molecule has 94 valence electrons. The summed E-state index contributed by atoms with van der Waals surface area (Å²) in [5.74, 6) is -3.10. The molecule has 17 heavy (non-hydrogen) atoms. The van der Waals surface area contributed by atoms with Crippen molar-refractivity contribution in [3.05, 3.63) is 0 Å². The Labute approximate surface area is 104 Å². The second-order valence-corrected chi connectivity index (χ2v) is 3.70. The lowest BCUT2D eigenvalue weighted by Crippen LogP contribution is -2.35. The van der Waals surface area contributed by atoms with E-state index < -0.39 is 42.8 Å². The molecule has 0 aliphatic carbocycles.